The average Bonchev–Trinajstić information content (AvgIpc) is 2.12. The van der Waals surface area contributed by atoms with Crippen LogP contribution in [-0.2, 0) is 0 Å². The molecular formula is C8H15OPr. The molecule has 1 unspecified atom stereocenters. The van der Waals surface area contributed by atoms with Crippen LogP contribution < -0.4 is 0 Å². The molecular weight excluding hydrogens is 253 g/mol. The summed E-state index contributed by atoms with van der Waals surface area (Å²) in [6.45, 7) is 0. The van der Waals surface area contributed by atoms with Crippen molar-refractivity contribution in [1.29, 1.82) is 0 Å². The molecule has 1 saturated carbocycles. The third-order valence-electron chi connectivity index (χ3n) is 2.38. The Labute approximate surface area is 89.5 Å². The molecule has 0 radical (unpaired) electrons. The van der Waals surface area contributed by atoms with Crippen molar-refractivity contribution in [2.75, 3.05) is 0 Å². The van der Waals surface area contributed by atoms with Gasteiger partial charge in [-0.1, -0.05) is 0 Å². The van der Waals surface area contributed by atoms with E-state index in [0.717, 1.165) is 39.2 Å². The molecule has 0 heterocycles. The first-order chi connectivity index (χ1) is 4.80. The fourth-order valence-corrected chi connectivity index (χ4v) is 2.89. The van der Waals surface area contributed by atoms with E-state index >= 15 is 0 Å². The predicted molar refractivity (Wildman–Crippen MR) is 37.2 cm³/mol. The Morgan fingerprint density at radius 3 is 2.00 bits per heavy atom. The van der Waals surface area contributed by atoms with Gasteiger partial charge in [-0.2, -0.15) is 0 Å². The van der Waals surface area contributed by atoms with Crippen LogP contribution in [0.4, 0.5) is 0 Å². The molecule has 0 amide bonds. The van der Waals surface area contributed by atoms with Gasteiger partial charge in [-0.3, -0.25) is 0 Å². The first kappa shape index (κ1) is 9.41. The van der Waals surface area contributed by atoms with Crippen molar-refractivity contribution in [2.45, 2.75) is 40.2 Å². The quantitative estimate of drug-likeness (QED) is 0.719. The van der Waals surface area contributed by atoms with Gasteiger partial charge >= 0.3 is 90.4 Å². The van der Waals surface area contributed by atoms with Gasteiger partial charge in [0.25, 0.3) is 0 Å². The average molecular weight is 268 g/mol. The number of aliphatic hydroxyl groups excluding tert-OH is 1. The van der Waals surface area contributed by atoms with Gasteiger partial charge in [-0.15, -0.1) is 0 Å². The van der Waals surface area contributed by atoms with Crippen molar-refractivity contribution in [2.24, 2.45) is 5.92 Å². The van der Waals surface area contributed by atoms with E-state index < -0.39 is 0 Å². The number of rotatable bonds is 1. The summed E-state index contributed by atoms with van der Waals surface area (Å²) < 4.78 is 0.0955. The first-order valence-electron chi connectivity index (χ1n) is 4.24. The Morgan fingerprint density at radius 2 is 1.60 bits per heavy atom. The Bertz CT molecular complexity index is 85.3. The third kappa shape index (κ3) is 3.15. The van der Waals surface area contributed by atoms with E-state index in [4.69, 9.17) is 0 Å². The summed E-state index contributed by atoms with van der Waals surface area (Å²) in [7, 11) is 0. The van der Waals surface area contributed by atoms with E-state index in [2.05, 4.69) is 0 Å². The van der Waals surface area contributed by atoms with Crippen LogP contribution in [0.3, 0.4) is 0 Å². The second kappa shape index (κ2) is 5.06. The van der Waals surface area contributed by atoms with Crippen LogP contribution in [-0.4, -0.2) is 6.79 Å². The molecule has 0 spiro atoms. The van der Waals surface area contributed by atoms with Crippen molar-refractivity contribution in [1.82, 2.24) is 0 Å². The second-order valence-electron chi connectivity index (χ2n) is 3.24. The van der Waals surface area contributed by atoms with Gasteiger partial charge in [0.15, 0.2) is 0 Å². The first-order valence-corrected chi connectivity index (χ1v) is 6.38. The fraction of sp³-hybridized carbons (Fsp3) is 1.00. The van der Waals surface area contributed by atoms with Crippen molar-refractivity contribution in [3.05, 3.63) is 0 Å². The van der Waals surface area contributed by atoms with Crippen LogP contribution in [0.25, 0.3) is 0 Å². The zero-order valence-electron chi connectivity index (χ0n) is 6.42. The van der Waals surface area contributed by atoms with E-state index in [-0.39, 0.29) is 1.69 Å². The van der Waals surface area contributed by atoms with Crippen LogP contribution in [0.1, 0.15) is 38.5 Å². The normalized spacial score (nSPS) is 25.6. The summed E-state index contributed by atoms with van der Waals surface area (Å²) in [6.07, 6.45) is 8.08. The van der Waals surface area contributed by atoms with Crippen molar-refractivity contribution in [3.8, 4) is 0 Å². The summed E-state index contributed by atoms with van der Waals surface area (Å²) in [5.74, 6) is 0.674. The van der Waals surface area contributed by atoms with E-state index in [9.17, 15) is 5.11 Å². The predicted octanol–water partition coefficient (Wildman–Crippen LogP) is 1.82. The van der Waals surface area contributed by atoms with Crippen LogP contribution in [0.5, 0.6) is 0 Å². The van der Waals surface area contributed by atoms with Gasteiger partial charge in [0.05, 0.1) is 0 Å². The summed E-state index contributed by atoms with van der Waals surface area (Å²) >= 11 is 0.771. The molecule has 0 aliphatic heterocycles. The molecule has 1 rings (SSSR count). The molecule has 1 aliphatic rings. The molecule has 1 N–H and O–H groups in total. The van der Waals surface area contributed by atoms with E-state index in [1.165, 1.54) is 38.5 Å². The van der Waals surface area contributed by atoms with Crippen molar-refractivity contribution >= 4 is 0 Å². The number of aliphatic hydroxyl groups is 1. The van der Waals surface area contributed by atoms with Gasteiger partial charge < -0.3 is 0 Å². The SMILES string of the molecule is O[CH]([Pr])C1CCCCCC1. The van der Waals surface area contributed by atoms with Crippen LogP contribution >= 0.6 is 0 Å². The van der Waals surface area contributed by atoms with Gasteiger partial charge in [0, 0.05) is 0 Å². The van der Waals surface area contributed by atoms with E-state index in [1.807, 2.05) is 0 Å². The molecule has 0 bridgehead atoms. The van der Waals surface area contributed by atoms with Crippen LogP contribution in [0, 0.1) is 45.1 Å². The molecule has 0 aromatic rings. The molecule has 0 aromatic carbocycles. The molecule has 0 aromatic heterocycles. The summed E-state index contributed by atoms with van der Waals surface area (Å²) in [6, 6.07) is 0. The molecule has 1 fully saturated rings. The zero-order valence-corrected chi connectivity index (χ0v) is 10.1. The number of hydrogen-bond acceptors (Lipinski definition) is 1. The second-order valence-corrected chi connectivity index (χ2v) is 5.43. The Kier molecular flexibility index (Phi) is 4.76. The number of hydrogen-bond donors (Lipinski definition) is 1. The molecule has 0 saturated heterocycles. The standard InChI is InChI=1S/C8H15O.Pr/c9-7-8-5-3-1-2-4-6-8;/h7-9H,1-6H2;. The van der Waals surface area contributed by atoms with Crippen LogP contribution in [0.2, 0.25) is 0 Å². The van der Waals surface area contributed by atoms with Gasteiger partial charge in [0.1, 0.15) is 0 Å². The molecule has 10 heavy (non-hydrogen) atoms. The summed E-state index contributed by atoms with van der Waals surface area (Å²) in [5, 5.41) is 9.38. The molecule has 56 valence electrons. The van der Waals surface area contributed by atoms with Crippen molar-refractivity contribution in [3.63, 3.8) is 0 Å². The topological polar surface area (TPSA) is 20.2 Å². The van der Waals surface area contributed by atoms with Gasteiger partial charge in [0.2, 0.25) is 0 Å². The zero-order chi connectivity index (χ0) is 7.40. The molecule has 1 aliphatic carbocycles. The Morgan fingerprint density at radius 1 is 1.10 bits per heavy atom. The molecule has 2 heteroatoms. The van der Waals surface area contributed by atoms with Gasteiger partial charge in [-0.05, 0) is 0 Å². The van der Waals surface area contributed by atoms with Crippen molar-refractivity contribution < 1.29 is 44.3 Å². The third-order valence-corrected chi connectivity index (χ3v) is 4.13. The molecule has 1 nitrogen and oxygen atoms in total. The molecule has 1 atom stereocenters. The van der Waals surface area contributed by atoms with Crippen LogP contribution in [0.15, 0.2) is 0 Å². The minimum absolute atomic E-state index is 0.0955. The van der Waals surface area contributed by atoms with Gasteiger partial charge in [-0.25, -0.2) is 0 Å². The minimum atomic E-state index is 0.0955. The monoisotopic (exact) mass is 268 g/mol. The van der Waals surface area contributed by atoms with E-state index in [0.29, 0.717) is 5.92 Å². The maximum atomic E-state index is 9.38. The maximum absolute atomic E-state index is 9.38. The fourth-order valence-electron chi connectivity index (χ4n) is 1.65. The summed E-state index contributed by atoms with van der Waals surface area (Å²) in [4.78, 5) is 0. The Hall–Kier alpha value is 1.32. The Balaban J connectivity index is 2.28. The summed E-state index contributed by atoms with van der Waals surface area (Å²) in [5.41, 5.74) is 0. The van der Waals surface area contributed by atoms with E-state index in [1.54, 1.807) is 0 Å².